The fourth-order valence-electron chi connectivity index (χ4n) is 1.66. The molecule has 5 nitrogen and oxygen atoms in total. The number of carbonyl (C=O) groups excluding carboxylic acids is 1. The number of nitrogens with one attached hydrogen (secondary N) is 1. The predicted molar refractivity (Wildman–Crippen MR) is 59.3 cm³/mol. The Labute approximate surface area is 96.9 Å². The van der Waals surface area contributed by atoms with E-state index >= 15 is 0 Å². The highest BCUT2D eigenvalue weighted by atomic mass is 19.1. The maximum atomic E-state index is 13.1. The number of aliphatic hydroxyl groups excluding tert-OH is 1. The number of aliphatic hydroxyl groups is 1. The number of rotatable bonds is 3. The average molecular weight is 237 g/mol. The minimum absolute atomic E-state index is 0.143. The highest BCUT2D eigenvalue weighted by Crippen LogP contribution is 2.12. The molecule has 2 rings (SSSR count). The number of amides is 1. The first-order valence-electron chi connectivity index (χ1n) is 5.16. The maximum absolute atomic E-state index is 13.1. The molecule has 0 fully saturated rings. The summed E-state index contributed by atoms with van der Waals surface area (Å²) < 4.78 is 14.5. The molecule has 2 aromatic heterocycles. The lowest BCUT2D eigenvalue weighted by Gasteiger charge is -2.04. The first kappa shape index (κ1) is 11.5. The van der Waals surface area contributed by atoms with Gasteiger partial charge in [0.1, 0.15) is 17.2 Å². The molecule has 2 aromatic rings. The minimum atomic E-state index is -0.439. The molecule has 0 spiro atoms. The Morgan fingerprint density at radius 2 is 2.35 bits per heavy atom. The standard InChI is InChI=1S/C11H12FN3O2/c1-7-10(11(17)13-4-5-16)15-6-8(12)2-3-9(15)14-7/h2-3,6,16H,4-5H2,1H3,(H,13,17). The van der Waals surface area contributed by atoms with Gasteiger partial charge in [0, 0.05) is 12.7 Å². The van der Waals surface area contributed by atoms with Crippen molar-refractivity contribution >= 4 is 11.6 Å². The molecule has 0 aromatic carbocycles. The van der Waals surface area contributed by atoms with Crippen LogP contribution in [0.4, 0.5) is 4.39 Å². The molecule has 6 heteroatoms. The van der Waals surface area contributed by atoms with Gasteiger partial charge in [-0.05, 0) is 19.1 Å². The maximum Gasteiger partial charge on any atom is 0.270 e. The van der Waals surface area contributed by atoms with Crippen molar-refractivity contribution in [3.63, 3.8) is 0 Å². The SMILES string of the molecule is Cc1nc2ccc(F)cn2c1C(=O)NCCO. The first-order chi connectivity index (χ1) is 8.13. The number of nitrogens with zero attached hydrogens (tertiary/aromatic N) is 2. The van der Waals surface area contributed by atoms with Gasteiger partial charge in [0.2, 0.25) is 0 Å². The molecule has 2 N–H and O–H groups in total. The van der Waals surface area contributed by atoms with Crippen LogP contribution in [0, 0.1) is 12.7 Å². The van der Waals surface area contributed by atoms with Gasteiger partial charge < -0.3 is 10.4 Å². The van der Waals surface area contributed by atoms with Crippen molar-refractivity contribution in [2.75, 3.05) is 13.2 Å². The van der Waals surface area contributed by atoms with Gasteiger partial charge in [-0.1, -0.05) is 0 Å². The number of pyridine rings is 1. The highest BCUT2D eigenvalue weighted by Gasteiger charge is 2.16. The second-order valence-electron chi connectivity index (χ2n) is 3.60. The summed E-state index contributed by atoms with van der Waals surface area (Å²) in [7, 11) is 0. The largest absolute Gasteiger partial charge is 0.395 e. The van der Waals surface area contributed by atoms with Crippen LogP contribution in [0.2, 0.25) is 0 Å². The number of carbonyl (C=O) groups is 1. The fourth-order valence-corrected chi connectivity index (χ4v) is 1.66. The molecular formula is C11H12FN3O2. The van der Waals surface area contributed by atoms with E-state index in [-0.39, 0.29) is 24.8 Å². The van der Waals surface area contributed by atoms with E-state index in [1.54, 1.807) is 6.92 Å². The lowest BCUT2D eigenvalue weighted by atomic mass is 10.3. The van der Waals surface area contributed by atoms with E-state index in [1.165, 1.54) is 22.7 Å². The molecule has 0 radical (unpaired) electrons. The first-order valence-corrected chi connectivity index (χ1v) is 5.16. The zero-order chi connectivity index (χ0) is 12.4. The summed E-state index contributed by atoms with van der Waals surface area (Å²) in [6.07, 6.45) is 1.21. The smallest absolute Gasteiger partial charge is 0.270 e. The molecule has 2 heterocycles. The highest BCUT2D eigenvalue weighted by molar-refractivity contribution is 5.94. The monoisotopic (exact) mass is 237 g/mol. The molecule has 90 valence electrons. The van der Waals surface area contributed by atoms with Crippen molar-refractivity contribution in [3.8, 4) is 0 Å². The van der Waals surface area contributed by atoms with Gasteiger partial charge in [-0.2, -0.15) is 0 Å². The van der Waals surface area contributed by atoms with Gasteiger partial charge in [-0.3, -0.25) is 9.20 Å². The van der Waals surface area contributed by atoms with Crippen LogP contribution in [0.15, 0.2) is 18.3 Å². The Bertz CT molecular complexity index is 565. The van der Waals surface area contributed by atoms with Crippen LogP contribution in [-0.4, -0.2) is 33.6 Å². The summed E-state index contributed by atoms with van der Waals surface area (Å²) >= 11 is 0. The summed E-state index contributed by atoms with van der Waals surface area (Å²) in [4.78, 5) is 16.0. The Hall–Kier alpha value is -1.95. The van der Waals surface area contributed by atoms with E-state index in [2.05, 4.69) is 10.3 Å². The molecule has 0 saturated carbocycles. The van der Waals surface area contributed by atoms with Gasteiger partial charge in [-0.25, -0.2) is 9.37 Å². The van der Waals surface area contributed by atoms with E-state index in [0.29, 0.717) is 11.3 Å². The molecule has 0 aliphatic carbocycles. The van der Waals surface area contributed by atoms with Gasteiger partial charge >= 0.3 is 0 Å². The van der Waals surface area contributed by atoms with Crippen LogP contribution in [0.3, 0.4) is 0 Å². The molecule has 17 heavy (non-hydrogen) atoms. The van der Waals surface area contributed by atoms with E-state index in [9.17, 15) is 9.18 Å². The molecule has 0 aliphatic rings. The molecule has 0 aliphatic heterocycles. The van der Waals surface area contributed by atoms with Crippen molar-refractivity contribution in [1.29, 1.82) is 0 Å². The summed E-state index contributed by atoms with van der Waals surface area (Å²) in [6, 6.07) is 2.79. The number of hydrogen-bond donors (Lipinski definition) is 2. The fraction of sp³-hybridized carbons (Fsp3) is 0.273. The van der Waals surface area contributed by atoms with Gasteiger partial charge in [0.05, 0.1) is 12.3 Å². The number of hydrogen-bond acceptors (Lipinski definition) is 3. The van der Waals surface area contributed by atoms with Crippen molar-refractivity contribution in [3.05, 3.63) is 35.5 Å². The molecule has 0 saturated heterocycles. The zero-order valence-corrected chi connectivity index (χ0v) is 9.27. The summed E-state index contributed by atoms with van der Waals surface area (Å²) in [6.45, 7) is 1.69. The normalized spacial score (nSPS) is 10.8. The van der Waals surface area contributed by atoms with Gasteiger partial charge in [-0.15, -0.1) is 0 Å². The van der Waals surface area contributed by atoms with Gasteiger partial charge in [0.25, 0.3) is 5.91 Å². The van der Waals surface area contributed by atoms with Crippen molar-refractivity contribution in [2.45, 2.75) is 6.92 Å². The summed E-state index contributed by atoms with van der Waals surface area (Å²) in [5.74, 6) is -0.819. The lowest BCUT2D eigenvalue weighted by molar-refractivity contribution is 0.0938. The van der Waals surface area contributed by atoms with Crippen LogP contribution in [0.25, 0.3) is 5.65 Å². The molecule has 1 amide bonds. The molecule has 0 bridgehead atoms. The van der Waals surface area contributed by atoms with Crippen molar-refractivity contribution < 1.29 is 14.3 Å². The quantitative estimate of drug-likeness (QED) is 0.817. The van der Waals surface area contributed by atoms with Crippen LogP contribution in [0.5, 0.6) is 0 Å². The zero-order valence-electron chi connectivity index (χ0n) is 9.27. The van der Waals surface area contributed by atoms with Gasteiger partial charge in [0.15, 0.2) is 0 Å². The van der Waals surface area contributed by atoms with Crippen molar-refractivity contribution in [2.24, 2.45) is 0 Å². The third-order valence-electron chi connectivity index (χ3n) is 2.37. The number of aryl methyl sites for hydroxylation is 1. The Morgan fingerprint density at radius 3 is 3.06 bits per heavy atom. The third-order valence-corrected chi connectivity index (χ3v) is 2.37. The van der Waals surface area contributed by atoms with E-state index in [0.717, 1.165) is 0 Å². The Kier molecular flexibility index (Phi) is 3.06. The van der Waals surface area contributed by atoms with Crippen LogP contribution < -0.4 is 5.32 Å². The van der Waals surface area contributed by atoms with E-state index in [4.69, 9.17) is 5.11 Å². The number of fused-ring (bicyclic) bond motifs is 1. The predicted octanol–water partition coefficient (Wildman–Crippen LogP) is 0.504. The average Bonchev–Trinajstić information content (AvgIpc) is 2.61. The summed E-state index contributed by atoms with van der Waals surface area (Å²) in [5.41, 5.74) is 1.32. The third kappa shape index (κ3) is 2.12. The lowest BCUT2D eigenvalue weighted by Crippen LogP contribution is -2.28. The Balaban J connectivity index is 2.48. The number of aromatic nitrogens is 2. The van der Waals surface area contributed by atoms with Crippen LogP contribution >= 0.6 is 0 Å². The van der Waals surface area contributed by atoms with E-state index < -0.39 is 5.82 Å². The minimum Gasteiger partial charge on any atom is -0.395 e. The number of imidazole rings is 1. The summed E-state index contributed by atoms with van der Waals surface area (Å²) in [5, 5.41) is 11.2. The molecule has 0 unspecified atom stereocenters. The molecular weight excluding hydrogens is 225 g/mol. The van der Waals surface area contributed by atoms with Crippen molar-refractivity contribution in [1.82, 2.24) is 14.7 Å². The second kappa shape index (κ2) is 4.50. The topological polar surface area (TPSA) is 66.6 Å². The van der Waals surface area contributed by atoms with E-state index in [1.807, 2.05) is 0 Å². The molecule has 0 atom stereocenters. The Morgan fingerprint density at radius 1 is 1.59 bits per heavy atom. The van der Waals surface area contributed by atoms with Crippen LogP contribution in [0.1, 0.15) is 16.2 Å². The second-order valence-corrected chi connectivity index (χ2v) is 3.60. The van der Waals surface area contributed by atoms with Crippen LogP contribution in [-0.2, 0) is 0 Å². The number of halogens is 1.